The van der Waals surface area contributed by atoms with Crippen LogP contribution in [0.3, 0.4) is 0 Å². The van der Waals surface area contributed by atoms with Crippen LogP contribution in [-0.2, 0) is 4.74 Å². The summed E-state index contributed by atoms with van der Waals surface area (Å²) in [5.41, 5.74) is 0. The van der Waals surface area contributed by atoms with Crippen molar-refractivity contribution in [2.24, 2.45) is 5.92 Å². The molecule has 0 aromatic heterocycles. The number of rotatable bonds is 6. The van der Waals surface area contributed by atoms with E-state index in [2.05, 4.69) is 0 Å². The van der Waals surface area contributed by atoms with E-state index in [0.717, 1.165) is 12.8 Å². The number of ether oxygens (including phenoxy) is 1. The lowest BCUT2D eigenvalue weighted by Crippen LogP contribution is -2.27. The van der Waals surface area contributed by atoms with E-state index in [9.17, 15) is 10.2 Å². The molecule has 0 saturated heterocycles. The molecule has 0 amide bonds. The smallest absolute Gasteiger partial charge is 0.0593 e. The molecular formula is C12H24O3. The first-order chi connectivity index (χ1) is 7.24. The van der Waals surface area contributed by atoms with E-state index in [1.54, 1.807) is 7.11 Å². The van der Waals surface area contributed by atoms with Gasteiger partial charge >= 0.3 is 0 Å². The third-order valence-electron chi connectivity index (χ3n) is 3.36. The van der Waals surface area contributed by atoms with E-state index in [1.165, 1.54) is 19.3 Å². The van der Waals surface area contributed by atoms with E-state index in [1.807, 2.05) is 0 Å². The normalized spacial score (nSPS) is 22.6. The molecule has 2 N–H and O–H groups in total. The van der Waals surface area contributed by atoms with E-state index in [4.69, 9.17) is 4.74 Å². The second kappa shape index (κ2) is 7.20. The average molecular weight is 216 g/mol. The molecule has 1 aliphatic rings. The second-order valence-electron chi connectivity index (χ2n) is 4.64. The fourth-order valence-electron chi connectivity index (χ4n) is 2.36. The van der Waals surface area contributed by atoms with Crippen molar-refractivity contribution in [1.82, 2.24) is 0 Å². The van der Waals surface area contributed by atoms with Crippen LogP contribution in [0.1, 0.15) is 44.9 Å². The van der Waals surface area contributed by atoms with Crippen molar-refractivity contribution < 1.29 is 14.9 Å². The summed E-state index contributed by atoms with van der Waals surface area (Å²) < 4.78 is 4.90. The minimum Gasteiger partial charge on any atom is -0.393 e. The molecule has 2 atom stereocenters. The highest BCUT2D eigenvalue weighted by atomic mass is 16.5. The van der Waals surface area contributed by atoms with Gasteiger partial charge in [0.25, 0.3) is 0 Å². The maximum Gasteiger partial charge on any atom is 0.0593 e. The van der Waals surface area contributed by atoms with Gasteiger partial charge in [-0.15, -0.1) is 0 Å². The van der Waals surface area contributed by atoms with E-state index >= 15 is 0 Å². The van der Waals surface area contributed by atoms with Crippen molar-refractivity contribution in [1.29, 1.82) is 0 Å². The Balaban J connectivity index is 2.17. The van der Waals surface area contributed by atoms with Crippen LogP contribution in [0, 0.1) is 5.92 Å². The topological polar surface area (TPSA) is 49.7 Å². The molecule has 1 fully saturated rings. The number of aliphatic hydroxyl groups is 2. The van der Waals surface area contributed by atoms with Crippen LogP contribution in [0.5, 0.6) is 0 Å². The van der Waals surface area contributed by atoms with Crippen LogP contribution in [0.4, 0.5) is 0 Å². The SMILES string of the molecule is COCC[C@@H](O)C[C@H](O)C1CCCCC1. The Morgan fingerprint density at radius 2 is 1.87 bits per heavy atom. The summed E-state index contributed by atoms with van der Waals surface area (Å²) >= 11 is 0. The Hall–Kier alpha value is -0.120. The van der Waals surface area contributed by atoms with E-state index in [0.29, 0.717) is 25.4 Å². The zero-order valence-electron chi connectivity index (χ0n) is 9.69. The van der Waals surface area contributed by atoms with Crippen LogP contribution >= 0.6 is 0 Å². The van der Waals surface area contributed by atoms with Gasteiger partial charge in [-0.3, -0.25) is 0 Å². The van der Waals surface area contributed by atoms with Crippen LogP contribution in [-0.4, -0.2) is 36.1 Å². The third-order valence-corrected chi connectivity index (χ3v) is 3.36. The van der Waals surface area contributed by atoms with Gasteiger partial charge in [0.1, 0.15) is 0 Å². The molecule has 0 radical (unpaired) electrons. The highest BCUT2D eigenvalue weighted by Gasteiger charge is 2.23. The minimum absolute atomic E-state index is 0.322. The second-order valence-corrected chi connectivity index (χ2v) is 4.64. The lowest BCUT2D eigenvalue weighted by atomic mass is 9.83. The molecule has 0 heterocycles. The monoisotopic (exact) mass is 216 g/mol. The third kappa shape index (κ3) is 4.96. The van der Waals surface area contributed by atoms with Gasteiger partial charge in [0, 0.05) is 13.7 Å². The molecule has 0 spiro atoms. The molecular weight excluding hydrogens is 192 g/mol. The maximum absolute atomic E-state index is 9.94. The summed E-state index contributed by atoms with van der Waals surface area (Å²) in [7, 11) is 1.63. The fourth-order valence-corrected chi connectivity index (χ4v) is 2.36. The van der Waals surface area contributed by atoms with Gasteiger partial charge in [-0.2, -0.15) is 0 Å². The maximum atomic E-state index is 9.94. The van der Waals surface area contributed by atoms with Crippen molar-refractivity contribution >= 4 is 0 Å². The molecule has 0 aromatic carbocycles. The van der Waals surface area contributed by atoms with E-state index in [-0.39, 0.29) is 6.10 Å². The summed E-state index contributed by atoms with van der Waals surface area (Å²) in [6, 6.07) is 0. The van der Waals surface area contributed by atoms with Gasteiger partial charge in [-0.05, 0) is 31.6 Å². The molecule has 1 rings (SSSR count). The lowest BCUT2D eigenvalue weighted by Gasteiger charge is -2.27. The summed E-state index contributed by atoms with van der Waals surface area (Å²) in [5, 5.41) is 19.6. The summed E-state index contributed by atoms with van der Waals surface area (Å²) in [6.07, 6.45) is 6.41. The molecule has 1 aliphatic carbocycles. The van der Waals surface area contributed by atoms with Crippen LogP contribution in [0.25, 0.3) is 0 Å². The van der Waals surface area contributed by atoms with Gasteiger partial charge in [-0.25, -0.2) is 0 Å². The number of methoxy groups -OCH3 is 1. The van der Waals surface area contributed by atoms with E-state index < -0.39 is 6.10 Å². The van der Waals surface area contributed by atoms with Gasteiger partial charge in [0.2, 0.25) is 0 Å². The van der Waals surface area contributed by atoms with Gasteiger partial charge in [-0.1, -0.05) is 19.3 Å². The molecule has 0 aliphatic heterocycles. The van der Waals surface area contributed by atoms with Gasteiger partial charge < -0.3 is 14.9 Å². The fraction of sp³-hybridized carbons (Fsp3) is 1.00. The summed E-state index contributed by atoms with van der Waals surface area (Å²) in [4.78, 5) is 0. The standard InChI is InChI=1S/C12H24O3/c1-15-8-7-11(13)9-12(14)10-5-3-2-4-6-10/h10-14H,2-9H2,1H3/t11-,12+/m1/s1. The average Bonchev–Trinajstić information content (AvgIpc) is 2.27. The van der Waals surface area contributed by atoms with Crippen molar-refractivity contribution in [3.05, 3.63) is 0 Å². The highest BCUT2D eigenvalue weighted by Crippen LogP contribution is 2.28. The Morgan fingerprint density at radius 1 is 1.20 bits per heavy atom. The summed E-state index contributed by atoms with van der Waals surface area (Å²) in [6.45, 7) is 0.568. The Kier molecular flexibility index (Phi) is 6.22. The van der Waals surface area contributed by atoms with Gasteiger partial charge in [0.15, 0.2) is 0 Å². The lowest BCUT2D eigenvalue weighted by molar-refractivity contribution is 0.0195. The minimum atomic E-state index is -0.415. The van der Waals surface area contributed by atoms with Crippen LogP contribution in [0.2, 0.25) is 0 Å². The summed E-state index contributed by atoms with van der Waals surface area (Å²) in [5.74, 6) is 0.413. The number of hydrogen-bond donors (Lipinski definition) is 2. The Labute approximate surface area is 92.4 Å². The van der Waals surface area contributed by atoms with Crippen molar-refractivity contribution in [2.75, 3.05) is 13.7 Å². The highest BCUT2D eigenvalue weighted by molar-refractivity contribution is 4.75. The number of aliphatic hydroxyl groups excluding tert-OH is 2. The Morgan fingerprint density at radius 3 is 2.47 bits per heavy atom. The quantitative estimate of drug-likeness (QED) is 0.710. The van der Waals surface area contributed by atoms with Crippen molar-refractivity contribution in [3.63, 3.8) is 0 Å². The molecule has 90 valence electrons. The number of hydrogen-bond acceptors (Lipinski definition) is 3. The van der Waals surface area contributed by atoms with Gasteiger partial charge in [0.05, 0.1) is 12.2 Å². The first-order valence-corrected chi connectivity index (χ1v) is 6.09. The first kappa shape index (κ1) is 12.9. The van der Waals surface area contributed by atoms with Crippen molar-refractivity contribution in [3.8, 4) is 0 Å². The first-order valence-electron chi connectivity index (χ1n) is 6.09. The predicted octanol–water partition coefficient (Wildman–Crippen LogP) is 1.72. The molecule has 0 aromatic rings. The predicted molar refractivity (Wildman–Crippen MR) is 59.7 cm³/mol. The van der Waals surface area contributed by atoms with Crippen LogP contribution < -0.4 is 0 Å². The zero-order valence-corrected chi connectivity index (χ0v) is 9.69. The molecule has 15 heavy (non-hydrogen) atoms. The Bertz CT molecular complexity index is 155. The molecule has 1 saturated carbocycles. The zero-order chi connectivity index (χ0) is 11.1. The molecule has 3 heteroatoms. The van der Waals surface area contributed by atoms with Crippen molar-refractivity contribution in [2.45, 2.75) is 57.2 Å². The van der Waals surface area contributed by atoms with Crippen LogP contribution in [0.15, 0.2) is 0 Å². The largest absolute Gasteiger partial charge is 0.393 e. The molecule has 0 unspecified atom stereocenters. The molecule has 0 bridgehead atoms. The molecule has 3 nitrogen and oxygen atoms in total.